The molecule has 1 fully saturated rings. The Balaban J connectivity index is 3.81. The first-order valence-corrected chi connectivity index (χ1v) is 39.4. The third-order valence-corrected chi connectivity index (χ3v) is 18.5. The van der Waals surface area contributed by atoms with Crippen molar-refractivity contribution < 1.29 is 86.3 Å². The van der Waals surface area contributed by atoms with Crippen LogP contribution in [-0.4, -0.2) is 124 Å². The number of hydrogen-bond acceptors (Lipinski definition) is 15. The van der Waals surface area contributed by atoms with Crippen molar-refractivity contribution in [2.45, 2.75) is 405 Å². The SMILES string of the molecule is CCCCCCCCCCC[C@H](CC(=O)N[C@H]1[C@H](OC[C@H](NC(=O)C[C@@H](CCCCCCCCCCC)C(=O)CCCCC)C(=O)O)O[C@H](CO)[C@@H](OP(=O)(O)O)[C@@H]1OC(=O)C[C@H](CCCCCCCCCCC)OC(=O)CCCCC)OC(=O)CCCCCCCCC. The minimum absolute atomic E-state index is 0.0681. The first-order valence-electron chi connectivity index (χ1n) is 37.9. The van der Waals surface area contributed by atoms with E-state index < -0.39 is 124 Å². The van der Waals surface area contributed by atoms with E-state index in [1.165, 1.54) is 51.4 Å². The van der Waals surface area contributed by atoms with Crippen LogP contribution in [0.2, 0.25) is 0 Å². The molecule has 1 saturated heterocycles. The molecule has 0 aliphatic carbocycles. The van der Waals surface area contributed by atoms with E-state index in [0.717, 1.165) is 173 Å². The molecule has 20 nitrogen and oxygen atoms in total. The average Bonchev–Trinajstić information content (AvgIpc) is 0.789. The maximum Gasteiger partial charge on any atom is 0.470 e. The Bertz CT molecular complexity index is 2010. The number of carbonyl (C=O) groups excluding carboxylic acids is 6. The number of unbranched alkanes of at least 4 members (excludes halogenated alkanes) is 34. The minimum Gasteiger partial charge on any atom is -0.480 e. The fourth-order valence-corrected chi connectivity index (χ4v) is 12.9. The van der Waals surface area contributed by atoms with E-state index >= 15 is 0 Å². The van der Waals surface area contributed by atoms with Crippen LogP contribution in [0.5, 0.6) is 0 Å². The summed E-state index contributed by atoms with van der Waals surface area (Å²) in [6.07, 6.45) is 30.4. The molecule has 0 aromatic carbocycles. The number of ether oxygens (including phenoxy) is 5. The smallest absolute Gasteiger partial charge is 0.470 e. The Morgan fingerprint density at radius 2 is 0.840 bits per heavy atom. The van der Waals surface area contributed by atoms with Crippen molar-refractivity contribution in [1.82, 2.24) is 10.6 Å². The number of aliphatic hydroxyl groups is 1. The number of carbonyl (C=O) groups is 7. The van der Waals surface area contributed by atoms with Crippen LogP contribution in [0.15, 0.2) is 0 Å². The number of hydrogen-bond donors (Lipinski definition) is 6. The van der Waals surface area contributed by atoms with Crippen molar-refractivity contribution in [1.29, 1.82) is 0 Å². The zero-order valence-corrected chi connectivity index (χ0v) is 60.6. The largest absolute Gasteiger partial charge is 0.480 e. The predicted molar refractivity (Wildman–Crippen MR) is 369 cm³/mol. The van der Waals surface area contributed by atoms with Gasteiger partial charge in [-0.2, -0.15) is 0 Å². The lowest BCUT2D eigenvalue weighted by molar-refractivity contribution is -0.272. The van der Waals surface area contributed by atoms with Gasteiger partial charge < -0.3 is 54.3 Å². The second kappa shape index (κ2) is 58.4. The predicted octanol–water partition coefficient (Wildman–Crippen LogP) is 16.4. The van der Waals surface area contributed by atoms with Gasteiger partial charge in [-0.25, -0.2) is 9.36 Å². The van der Waals surface area contributed by atoms with Gasteiger partial charge in [-0.1, -0.05) is 266 Å². The zero-order valence-electron chi connectivity index (χ0n) is 59.7. The topological polar surface area (TPSA) is 297 Å². The Labute approximate surface area is 568 Å². The van der Waals surface area contributed by atoms with Crippen LogP contribution >= 0.6 is 7.82 Å². The number of phosphoric ester groups is 1. The van der Waals surface area contributed by atoms with Gasteiger partial charge in [0.05, 0.1) is 26.1 Å². The van der Waals surface area contributed by atoms with Crippen molar-refractivity contribution in [3.05, 3.63) is 0 Å². The van der Waals surface area contributed by atoms with E-state index in [1.807, 2.05) is 13.8 Å². The van der Waals surface area contributed by atoms with Gasteiger partial charge in [-0.05, 0) is 51.4 Å². The first kappa shape index (κ1) is 88.5. The van der Waals surface area contributed by atoms with Gasteiger partial charge >= 0.3 is 31.7 Å². The number of amides is 2. The maximum atomic E-state index is 14.7. The van der Waals surface area contributed by atoms with Crippen molar-refractivity contribution >= 4 is 49.3 Å². The lowest BCUT2D eigenvalue weighted by atomic mass is 9.90. The highest BCUT2D eigenvalue weighted by Gasteiger charge is 2.52. The van der Waals surface area contributed by atoms with Crippen LogP contribution in [0.3, 0.4) is 0 Å². The molecule has 0 unspecified atom stereocenters. The number of ketones is 1. The Morgan fingerprint density at radius 1 is 0.457 bits per heavy atom. The van der Waals surface area contributed by atoms with Crippen molar-refractivity contribution in [3.63, 3.8) is 0 Å². The number of aliphatic hydroxyl groups excluding tert-OH is 1. The van der Waals surface area contributed by atoms with Gasteiger partial charge in [0.15, 0.2) is 18.4 Å². The molecule has 9 atom stereocenters. The number of nitrogens with one attached hydrogen (secondary N) is 2. The van der Waals surface area contributed by atoms with Crippen LogP contribution in [0.4, 0.5) is 0 Å². The Morgan fingerprint density at radius 3 is 1.27 bits per heavy atom. The molecule has 6 N–H and O–H groups in total. The second-order valence-corrected chi connectivity index (χ2v) is 28.0. The zero-order chi connectivity index (χ0) is 69.5. The summed E-state index contributed by atoms with van der Waals surface area (Å²) in [5, 5.41) is 26.7. The van der Waals surface area contributed by atoms with Gasteiger partial charge in [-0.3, -0.25) is 33.3 Å². The lowest BCUT2D eigenvalue weighted by Gasteiger charge is -2.45. The number of esters is 3. The molecule has 0 spiro atoms. The number of Topliss-reactive ketones (excluding diaryl/α,β-unsaturated/α-hetero) is 1. The van der Waals surface area contributed by atoms with E-state index in [-0.39, 0.29) is 31.5 Å². The van der Waals surface area contributed by atoms with Crippen LogP contribution in [0.25, 0.3) is 0 Å². The third kappa shape index (κ3) is 46.6. The highest BCUT2D eigenvalue weighted by Crippen LogP contribution is 2.42. The summed E-state index contributed by atoms with van der Waals surface area (Å²) < 4.78 is 48.5. The minimum atomic E-state index is -5.54. The van der Waals surface area contributed by atoms with E-state index in [0.29, 0.717) is 51.4 Å². The molecule has 1 rings (SSSR count). The fourth-order valence-electron chi connectivity index (χ4n) is 12.3. The molecule has 0 bridgehead atoms. The van der Waals surface area contributed by atoms with Gasteiger partial charge in [-0.15, -0.1) is 0 Å². The Hall–Kier alpha value is -3.52. The van der Waals surface area contributed by atoms with Crippen LogP contribution in [-0.2, 0) is 66.3 Å². The molecular formula is C73H135N2O18P. The lowest BCUT2D eigenvalue weighted by Crippen LogP contribution is -2.66. The number of phosphoric acid groups is 1. The van der Waals surface area contributed by atoms with Crippen molar-refractivity contribution in [2.75, 3.05) is 13.2 Å². The van der Waals surface area contributed by atoms with E-state index in [1.54, 1.807) is 0 Å². The summed E-state index contributed by atoms with van der Waals surface area (Å²) in [5.74, 6) is -5.77. The molecule has 550 valence electrons. The molecule has 0 saturated carbocycles. The summed E-state index contributed by atoms with van der Waals surface area (Å²) in [5.41, 5.74) is 0. The fraction of sp³-hybridized carbons (Fsp3) is 0.904. The van der Waals surface area contributed by atoms with E-state index in [9.17, 15) is 58.1 Å². The third-order valence-electron chi connectivity index (χ3n) is 17.9. The summed E-state index contributed by atoms with van der Waals surface area (Å²) in [6, 6.07) is -3.55. The van der Waals surface area contributed by atoms with Crippen molar-refractivity contribution in [3.8, 4) is 0 Å². The maximum absolute atomic E-state index is 14.7. The van der Waals surface area contributed by atoms with E-state index in [4.69, 9.17) is 28.2 Å². The molecule has 1 aliphatic heterocycles. The summed E-state index contributed by atoms with van der Waals surface area (Å²) in [7, 11) is -5.54. The first-order chi connectivity index (χ1) is 45.4. The molecule has 94 heavy (non-hydrogen) atoms. The monoisotopic (exact) mass is 1360 g/mol. The molecule has 0 aromatic heterocycles. The van der Waals surface area contributed by atoms with Gasteiger partial charge in [0.25, 0.3) is 0 Å². The van der Waals surface area contributed by atoms with Gasteiger partial charge in [0, 0.05) is 31.6 Å². The summed E-state index contributed by atoms with van der Waals surface area (Å²) in [6.45, 7) is 10.9. The molecule has 1 aliphatic rings. The van der Waals surface area contributed by atoms with Crippen LogP contribution in [0.1, 0.15) is 356 Å². The average molecular weight is 1360 g/mol. The molecule has 21 heteroatoms. The number of carboxylic acids is 1. The van der Waals surface area contributed by atoms with Crippen LogP contribution in [0, 0.1) is 5.92 Å². The quantitative estimate of drug-likeness (QED) is 0.0143. The summed E-state index contributed by atoms with van der Waals surface area (Å²) >= 11 is 0. The molecule has 1 heterocycles. The second-order valence-electron chi connectivity index (χ2n) is 26.8. The van der Waals surface area contributed by atoms with E-state index in [2.05, 4.69) is 38.3 Å². The number of carboxylic acid groups (broad SMARTS) is 1. The van der Waals surface area contributed by atoms with Crippen LogP contribution < -0.4 is 10.6 Å². The van der Waals surface area contributed by atoms with Gasteiger partial charge in [0.2, 0.25) is 11.8 Å². The standard InChI is InChI=1S/C73H135N2O18P/c1-7-13-19-23-27-30-34-37-43-47-58(62(77)50-41-17-11-5)53-64(78)74-61(72(83)84)57-88-73-69(75-65(79)54-59(48-44-38-35-31-28-24-20-14-8-2)89-67(81)52-46-40-33-26-22-16-10-4)71(70(63(56-76)91-73)93-94(85,86)87)92-68(82)55-60(90-66(80)51-42-18-12-6)49-45-39-36-32-29-25-21-15-9-3/h58-61,63,69-71,73,76H,7-57H2,1-6H3,(H,74,78)(H,75,79)(H,83,84)(H2,85,86,87)/t58-,59-,60+,61+,63-,69-,70-,71-,73-/m1/s1. The van der Waals surface area contributed by atoms with Gasteiger partial charge in [0.1, 0.15) is 36.2 Å². The Kier molecular flexibility index (Phi) is 55.0. The molecule has 0 radical (unpaired) electrons. The highest BCUT2D eigenvalue weighted by molar-refractivity contribution is 7.46. The summed E-state index contributed by atoms with van der Waals surface area (Å²) in [4.78, 5) is 117. The van der Waals surface area contributed by atoms with Crippen molar-refractivity contribution in [2.24, 2.45) is 5.92 Å². The highest BCUT2D eigenvalue weighted by atomic mass is 31.2. The number of rotatable bonds is 65. The molecule has 0 aromatic rings. The molecule has 2 amide bonds. The molecular weight excluding hydrogens is 1220 g/mol. The number of aliphatic carboxylic acids is 1. The normalized spacial score (nSPS) is 17.8.